The molecule has 0 aromatic heterocycles. The maximum atomic E-state index is 11.9. The standard InChI is InChI=1S/C21H28O2/c1-4-13-5-6-16-15-12-19(23)18-11-14(22)7-9-21(18,3)17(15)8-10-20(13,16)2/h4-5,11,15-17,19,23H,1,6-10,12H2,2-3H3. The molecule has 4 aliphatic rings. The highest BCUT2D eigenvalue weighted by Crippen LogP contribution is 2.65. The third-order valence-electron chi connectivity index (χ3n) is 7.84. The number of rotatable bonds is 1. The average molecular weight is 312 g/mol. The Morgan fingerprint density at radius 1 is 1.26 bits per heavy atom. The highest BCUT2D eigenvalue weighted by Gasteiger charge is 2.58. The number of hydrogen-bond donors (Lipinski definition) is 1. The molecule has 6 unspecified atom stereocenters. The fourth-order valence-electron chi connectivity index (χ4n) is 6.52. The summed E-state index contributed by atoms with van der Waals surface area (Å²) in [5.74, 6) is 2.00. The van der Waals surface area contributed by atoms with Gasteiger partial charge in [0.1, 0.15) is 0 Å². The van der Waals surface area contributed by atoms with Crippen molar-refractivity contribution in [3.63, 3.8) is 0 Å². The zero-order chi connectivity index (χ0) is 16.4. The summed E-state index contributed by atoms with van der Waals surface area (Å²) in [4.78, 5) is 11.9. The molecule has 0 heterocycles. The molecule has 0 bridgehead atoms. The van der Waals surface area contributed by atoms with Crippen molar-refractivity contribution in [2.75, 3.05) is 0 Å². The summed E-state index contributed by atoms with van der Waals surface area (Å²) in [7, 11) is 0. The summed E-state index contributed by atoms with van der Waals surface area (Å²) in [5.41, 5.74) is 2.72. The molecule has 0 amide bonds. The lowest BCUT2D eigenvalue weighted by Gasteiger charge is -2.58. The smallest absolute Gasteiger partial charge is 0.155 e. The first kappa shape index (κ1) is 15.4. The SMILES string of the molecule is C=CC1=CCC2C3CC(O)C4=CC(=O)CCC4(C)C3CCC12C. The molecule has 2 fully saturated rings. The van der Waals surface area contributed by atoms with E-state index in [4.69, 9.17) is 0 Å². The third-order valence-corrected chi connectivity index (χ3v) is 7.84. The Kier molecular flexibility index (Phi) is 3.29. The summed E-state index contributed by atoms with van der Waals surface area (Å²) < 4.78 is 0. The Morgan fingerprint density at radius 3 is 2.78 bits per heavy atom. The second-order valence-electron chi connectivity index (χ2n) is 8.67. The van der Waals surface area contributed by atoms with Crippen LogP contribution in [0.15, 0.2) is 36.0 Å². The predicted molar refractivity (Wildman–Crippen MR) is 91.8 cm³/mol. The zero-order valence-electron chi connectivity index (χ0n) is 14.3. The number of hydrogen-bond acceptors (Lipinski definition) is 2. The largest absolute Gasteiger partial charge is 0.389 e. The Hall–Kier alpha value is -1.15. The molecule has 0 aromatic carbocycles. The van der Waals surface area contributed by atoms with E-state index in [1.807, 2.05) is 6.08 Å². The minimum Gasteiger partial charge on any atom is -0.389 e. The minimum absolute atomic E-state index is 0.0223. The van der Waals surface area contributed by atoms with Gasteiger partial charge >= 0.3 is 0 Å². The molecule has 4 rings (SSSR count). The van der Waals surface area contributed by atoms with Crippen LogP contribution in [0.5, 0.6) is 0 Å². The molecule has 2 nitrogen and oxygen atoms in total. The van der Waals surface area contributed by atoms with E-state index in [0.29, 0.717) is 24.2 Å². The van der Waals surface area contributed by atoms with Crippen molar-refractivity contribution < 1.29 is 9.90 Å². The van der Waals surface area contributed by atoms with Gasteiger partial charge in [0.15, 0.2) is 5.78 Å². The van der Waals surface area contributed by atoms with Crippen molar-refractivity contribution in [2.45, 2.75) is 58.5 Å². The lowest BCUT2D eigenvalue weighted by Crippen LogP contribution is -2.53. The van der Waals surface area contributed by atoms with E-state index in [2.05, 4.69) is 26.5 Å². The van der Waals surface area contributed by atoms with Gasteiger partial charge in [-0.1, -0.05) is 32.6 Å². The quantitative estimate of drug-likeness (QED) is 0.787. The Balaban J connectivity index is 1.73. The van der Waals surface area contributed by atoms with Crippen molar-refractivity contribution in [2.24, 2.45) is 28.6 Å². The first-order chi connectivity index (χ1) is 10.9. The van der Waals surface area contributed by atoms with Crippen LogP contribution in [0.2, 0.25) is 0 Å². The highest BCUT2D eigenvalue weighted by atomic mass is 16.3. The van der Waals surface area contributed by atoms with Gasteiger partial charge in [-0.3, -0.25) is 4.79 Å². The lowest BCUT2D eigenvalue weighted by molar-refractivity contribution is -0.118. The molecule has 23 heavy (non-hydrogen) atoms. The van der Waals surface area contributed by atoms with Crippen molar-refractivity contribution in [3.05, 3.63) is 36.0 Å². The van der Waals surface area contributed by atoms with Gasteiger partial charge in [0.2, 0.25) is 0 Å². The zero-order valence-corrected chi connectivity index (χ0v) is 14.3. The van der Waals surface area contributed by atoms with Crippen molar-refractivity contribution in [1.29, 1.82) is 0 Å². The molecular formula is C21H28O2. The number of carbonyl (C=O) groups is 1. The van der Waals surface area contributed by atoms with Gasteiger partial charge in [0, 0.05) is 6.42 Å². The summed E-state index contributed by atoms with van der Waals surface area (Å²) in [6.45, 7) is 8.73. The second kappa shape index (κ2) is 4.92. The summed E-state index contributed by atoms with van der Waals surface area (Å²) in [5, 5.41) is 10.8. The maximum absolute atomic E-state index is 11.9. The van der Waals surface area contributed by atoms with E-state index in [-0.39, 0.29) is 16.6 Å². The average Bonchev–Trinajstić information content (AvgIpc) is 2.86. The number of allylic oxidation sites excluding steroid dienone is 4. The van der Waals surface area contributed by atoms with Crippen LogP contribution >= 0.6 is 0 Å². The topological polar surface area (TPSA) is 37.3 Å². The molecule has 2 heteroatoms. The molecule has 4 aliphatic carbocycles. The molecule has 0 saturated heterocycles. The normalized spacial score (nSPS) is 48.7. The molecule has 0 aliphatic heterocycles. The van der Waals surface area contributed by atoms with Crippen LogP contribution in [0.25, 0.3) is 0 Å². The molecule has 124 valence electrons. The van der Waals surface area contributed by atoms with Gasteiger partial charge in [-0.15, -0.1) is 0 Å². The van der Waals surface area contributed by atoms with Crippen LogP contribution in [0, 0.1) is 28.6 Å². The summed E-state index contributed by atoms with van der Waals surface area (Å²) >= 11 is 0. The fourth-order valence-corrected chi connectivity index (χ4v) is 6.52. The van der Waals surface area contributed by atoms with E-state index in [1.54, 1.807) is 6.08 Å². The molecule has 6 atom stereocenters. The predicted octanol–water partition coefficient (Wildman–Crippen LogP) is 4.21. The first-order valence-electron chi connectivity index (χ1n) is 9.16. The van der Waals surface area contributed by atoms with Crippen LogP contribution < -0.4 is 0 Å². The van der Waals surface area contributed by atoms with Gasteiger partial charge in [-0.2, -0.15) is 0 Å². The van der Waals surface area contributed by atoms with Gasteiger partial charge in [0.05, 0.1) is 6.10 Å². The summed E-state index contributed by atoms with van der Waals surface area (Å²) in [6.07, 6.45) is 11.7. The fraction of sp³-hybridized carbons (Fsp3) is 0.667. The van der Waals surface area contributed by atoms with Crippen molar-refractivity contribution in [3.8, 4) is 0 Å². The maximum Gasteiger partial charge on any atom is 0.155 e. The molecule has 0 radical (unpaired) electrons. The summed E-state index contributed by atoms with van der Waals surface area (Å²) in [6, 6.07) is 0. The van der Waals surface area contributed by atoms with E-state index in [0.717, 1.165) is 24.8 Å². The molecule has 2 saturated carbocycles. The van der Waals surface area contributed by atoms with Crippen LogP contribution in [-0.4, -0.2) is 17.0 Å². The van der Waals surface area contributed by atoms with E-state index < -0.39 is 6.10 Å². The van der Waals surface area contributed by atoms with E-state index >= 15 is 0 Å². The Labute approximate surface area is 139 Å². The second-order valence-corrected chi connectivity index (χ2v) is 8.67. The Bertz CT molecular complexity index is 628. The number of ketones is 1. The van der Waals surface area contributed by atoms with Crippen molar-refractivity contribution >= 4 is 5.78 Å². The van der Waals surface area contributed by atoms with Crippen LogP contribution in [-0.2, 0) is 4.79 Å². The van der Waals surface area contributed by atoms with Gasteiger partial charge in [-0.25, -0.2) is 0 Å². The minimum atomic E-state index is -0.430. The van der Waals surface area contributed by atoms with Crippen LogP contribution in [0.4, 0.5) is 0 Å². The van der Waals surface area contributed by atoms with Crippen molar-refractivity contribution in [1.82, 2.24) is 0 Å². The molecule has 1 N–H and O–H groups in total. The van der Waals surface area contributed by atoms with E-state index in [1.165, 1.54) is 18.4 Å². The highest BCUT2D eigenvalue weighted by molar-refractivity contribution is 5.91. The van der Waals surface area contributed by atoms with Gasteiger partial charge in [-0.05, 0) is 77.9 Å². The van der Waals surface area contributed by atoms with Crippen LogP contribution in [0.3, 0.4) is 0 Å². The van der Waals surface area contributed by atoms with Gasteiger partial charge < -0.3 is 5.11 Å². The number of carbonyl (C=O) groups excluding carboxylic acids is 1. The number of aliphatic hydroxyl groups excluding tert-OH is 1. The number of aliphatic hydroxyl groups is 1. The Morgan fingerprint density at radius 2 is 2.04 bits per heavy atom. The number of fused-ring (bicyclic) bond motifs is 5. The lowest BCUT2D eigenvalue weighted by atomic mass is 9.46. The first-order valence-corrected chi connectivity index (χ1v) is 9.16. The molecular weight excluding hydrogens is 284 g/mol. The monoisotopic (exact) mass is 312 g/mol. The van der Waals surface area contributed by atoms with E-state index in [9.17, 15) is 9.90 Å². The molecule has 0 aromatic rings. The third kappa shape index (κ3) is 1.94. The molecule has 0 spiro atoms. The van der Waals surface area contributed by atoms with Gasteiger partial charge in [0.25, 0.3) is 0 Å². The van der Waals surface area contributed by atoms with Crippen LogP contribution in [0.1, 0.15) is 52.4 Å².